The Morgan fingerprint density at radius 3 is 2.33 bits per heavy atom. The predicted octanol–water partition coefficient (Wildman–Crippen LogP) is 4.01. The molecule has 0 aromatic heterocycles. The molecule has 4 heteroatoms. The Morgan fingerprint density at radius 1 is 1.40 bits per heavy atom. The van der Waals surface area contributed by atoms with E-state index >= 15 is 0 Å². The minimum absolute atomic E-state index is 0.181. The summed E-state index contributed by atoms with van der Waals surface area (Å²) < 4.78 is 6.10. The first-order valence-corrected chi connectivity index (χ1v) is 8.34. The van der Waals surface area contributed by atoms with Gasteiger partial charge in [0.15, 0.2) is 8.32 Å². The minimum atomic E-state index is -1.66. The van der Waals surface area contributed by atoms with Gasteiger partial charge >= 0.3 is 0 Å². The summed E-state index contributed by atoms with van der Waals surface area (Å²) in [6, 6.07) is 2.41. The molecule has 0 spiro atoms. The average molecular weight is 229 g/mol. The van der Waals surface area contributed by atoms with E-state index in [1.165, 1.54) is 0 Å². The molecule has 0 radical (unpaired) electrons. The molecule has 0 amide bonds. The summed E-state index contributed by atoms with van der Waals surface area (Å²) in [7, 11) is -1.66. The predicted molar refractivity (Wildman–Crippen MR) is 67.6 cm³/mol. The molecule has 1 unspecified atom stereocenters. The molecule has 1 atom stereocenters. The highest BCUT2D eigenvalue weighted by Crippen LogP contribution is 2.37. The van der Waals surface area contributed by atoms with Crippen LogP contribution in [0.25, 0.3) is 5.01 Å². The van der Waals surface area contributed by atoms with Crippen LogP contribution in [0.5, 0.6) is 0 Å². The third-order valence-electron chi connectivity index (χ3n) is 3.03. The van der Waals surface area contributed by atoms with Crippen molar-refractivity contribution in [3.05, 3.63) is 10.2 Å². The standard InChI is InChI=1S/C11H23NO2Si/c1-10(8-7-9-12-13)14-15(5,6)11(2,3)4/h10H,7-8H2,1-6H3. The first kappa shape index (κ1) is 14.5. The van der Waals surface area contributed by atoms with Crippen LogP contribution < -0.4 is 0 Å². The zero-order chi connectivity index (χ0) is 12.1. The molecule has 0 fully saturated rings. The quantitative estimate of drug-likeness (QED) is 0.539. The first-order chi connectivity index (χ1) is 6.70. The van der Waals surface area contributed by atoms with Gasteiger partial charge in [-0.2, -0.15) is 0 Å². The summed E-state index contributed by atoms with van der Waals surface area (Å²) in [4.78, 5) is 0. The smallest absolute Gasteiger partial charge is 0.298 e. The molecule has 0 saturated carbocycles. The lowest BCUT2D eigenvalue weighted by Crippen LogP contribution is -2.43. The van der Waals surface area contributed by atoms with Crippen LogP contribution in [-0.2, 0) is 4.43 Å². The van der Waals surface area contributed by atoms with Crippen molar-refractivity contribution in [3.63, 3.8) is 0 Å². The van der Waals surface area contributed by atoms with Crippen molar-refractivity contribution in [3.8, 4) is 6.07 Å². The maximum Gasteiger partial charge on any atom is 0.298 e. The van der Waals surface area contributed by atoms with Gasteiger partial charge in [-0.1, -0.05) is 20.8 Å². The summed E-state index contributed by atoms with van der Waals surface area (Å²) in [5, 5.41) is 12.7. The van der Waals surface area contributed by atoms with Gasteiger partial charge in [0.25, 0.3) is 6.07 Å². The van der Waals surface area contributed by atoms with Gasteiger partial charge in [0.1, 0.15) is 0 Å². The molecule has 0 aromatic rings. The maximum absolute atomic E-state index is 9.84. The highest BCUT2D eigenvalue weighted by molar-refractivity contribution is 6.74. The van der Waals surface area contributed by atoms with Gasteiger partial charge < -0.3 is 9.63 Å². The molecule has 0 N–H and O–H groups in total. The van der Waals surface area contributed by atoms with Crippen molar-refractivity contribution in [1.29, 1.82) is 0 Å². The van der Waals surface area contributed by atoms with E-state index in [1.807, 2.05) is 6.92 Å². The third kappa shape index (κ3) is 5.19. The summed E-state index contributed by atoms with van der Waals surface area (Å²) in [5.41, 5.74) is 0. The van der Waals surface area contributed by atoms with Gasteiger partial charge in [-0.25, -0.2) is 0 Å². The summed E-state index contributed by atoms with van der Waals surface area (Å²) in [5.74, 6) is 0. The normalized spacial score (nSPS) is 14.3. The molecule has 0 heterocycles. The Labute approximate surface area is 94.4 Å². The van der Waals surface area contributed by atoms with Crippen LogP contribution in [0.3, 0.4) is 0 Å². The van der Waals surface area contributed by atoms with Gasteiger partial charge in [0, 0.05) is 11.1 Å². The van der Waals surface area contributed by atoms with Crippen LogP contribution in [0.4, 0.5) is 0 Å². The van der Waals surface area contributed by atoms with Gasteiger partial charge in [-0.05, 0) is 31.5 Å². The van der Waals surface area contributed by atoms with Gasteiger partial charge in [0.2, 0.25) is 0 Å². The molecule has 0 aliphatic carbocycles. The molecular weight excluding hydrogens is 206 g/mol. The average Bonchev–Trinajstić information content (AvgIpc) is 2.01. The lowest BCUT2D eigenvalue weighted by Gasteiger charge is -2.38. The largest absolute Gasteiger partial charge is 0.498 e. The monoisotopic (exact) mass is 229 g/mol. The Kier molecular flexibility index (Phi) is 5.33. The van der Waals surface area contributed by atoms with E-state index in [-0.39, 0.29) is 11.1 Å². The summed E-state index contributed by atoms with van der Waals surface area (Å²) in [6.07, 6.45) is 1.58. The second kappa shape index (κ2) is 5.52. The Balaban J connectivity index is 4.14. The number of rotatable bonds is 4. The van der Waals surface area contributed by atoms with E-state index in [9.17, 15) is 5.21 Å². The highest BCUT2D eigenvalue weighted by atomic mass is 28.4. The molecule has 0 aliphatic rings. The van der Waals surface area contributed by atoms with Crippen LogP contribution in [-0.4, -0.2) is 14.4 Å². The molecule has 15 heavy (non-hydrogen) atoms. The fourth-order valence-corrected chi connectivity index (χ4v) is 2.53. The van der Waals surface area contributed by atoms with Crippen LogP contribution >= 0.6 is 0 Å². The van der Waals surface area contributed by atoms with Crippen molar-refractivity contribution in [2.24, 2.45) is 0 Å². The van der Waals surface area contributed by atoms with Crippen LogP contribution in [0.2, 0.25) is 18.1 Å². The molecule has 0 bridgehead atoms. The molecular formula is C11H23NO2Si. The first-order valence-electron chi connectivity index (χ1n) is 5.44. The van der Waals surface area contributed by atoms with Gasteiger partial charge in [-0.3, -0.25) is 0 Å². The fourth-order valence-electron chi connectivity index (χ4n) is 1.05. The van der Waals surface area contributed by atoms with E-state index in [4.69, 9.17) is 4.43 Å². The number of nitrogens with zero attached hydrogens (tertiary/aromatic N) is 1. The van der Waals surface area contributed by atoms with E-state index in [2.05, 4.69) is 44.9 Å². The Hall–Kier alpha value is -0.533. The fraction of sp³-hybridized carbons (Fsp3) is 0.909. The zero-order valence-electron chi connectivity index (χ0n) is 10.8. The highest BCUT2D eigenvalue weighted by Gasteiger charge is 2.38. The SMILES string of the molecule is CC(CCC#[N+][O-])O[Si](C)(C)C(C)(C)C. The van der Waals surface area contributed by atoms with E-state index in [1.54, 1.807) is 0 Å². The minimum Gasteiger partial charge on any atom is -0.498 e. The topological polar surface area (TPSA) is 36.6 Å². The number of hydrogen-bond donors (Lipinski definition) is 0. The van der Waals surface area contributed by atoms with Crippen molar-refractivity contribution in [1.82, 2.24) is 0 Å². The Morgan fingerprint density at radius 2 is 1.93 bits per heavy atom. The maximum atomic E-state index is 9.84. The molecule has 0 rings (SSSR count). The number of hydrogen-bond acceptors (Lipinski definition) is 2. The Bertz CT molecular complexity index is 248. The second-order valence-electron chi connectivity index (χ2n) is 5.48. The van der Waals surface area contributed by atoms with E-state index < -0.39 is 8.32 Å². The van der Waals surface area contributed by atoms with Gasteiger partial charge in [-0.15, -0.1) is 0 Å². The molecule has 0 aliphatic heterocycles. The van der Waals surface area contributed by atoms with Gasteiger partial charge in [0.05, 0.1) is 6.42 Å². The summed E-state index contributed by atoms with van der Waals surface area (Å²) in [6.45, 7) is 13.2. The van der Waals surface area contributed by atoms with Crippen molar-refractivity contribution in [2.75, 3.05) is 0 Å². The van der Waals surface area contributed by atoms with Crippen LogP contribution in [0, 0.1) is 11.3 Å². The molecule has 0 saturated heterocycles. The molecule has 3 nitrogen and oxygen atoms in total. The van der Waals surface area contributed by atoms with Crippen molar-refractivity contribution >= 4 is 8.32 Å². The second-order valence-corrected chi connectivity index (χ2v) is 10.2. The van der Waals surface area contributed by atoms with Crippen molar-refractivity contribution < 1.29 is 4.43 Å². The van der Waals surface area contributed by atoms with E-state index in [0.29, 0.717) is 6.42 Å². The zero-order valence-corrected chi connectivity index (χ0v) is 11.8. The molecule has 0 aromatic carbocycles. The lowest BCUT2D eigenvalue weighted by molar-refractivity contribution is 0.191. The van der Waals surface area contributed by atoms with Crippen LogP contribution in [0.1, 0.15) is 40.5 Å². The van der Waals surface area contributed by atoms with E-state index in [0.717, 1.165) is 6.42 Å². The summed E-state index contributed by atoms with van der Waals surface area (Å²) >= 11 is 0. The molecule has 88 valence electrons. The third-order valence-corrected chi connectivity index (χ3v) is 7.63. The van der Waals surface area contributed by atoms with Crippen molar-refractivity contribution in [2.45, 2.75) is 64.8 Å². The van der Waals surface area contributed by atoms with Crippen LogP contribution in [0.15, 0.2) is 0 Å². The lowest BCUT2D eigenvalue weighted by atomic mass is 10.2.